The zero-order valence-corrected chi connectivity index (χ0v) is 15.0. The van der Waals surface area contributed by atoms with Gasteiger partial charge in [0.1, 0.15) is 11.9 Å². The summed E-state index contributed by atoms with van der Waals surface area (Å²) in [6.45, 7) is 0. The Labute approximate surface area is 157 Å². The van der Waals surface area contributed by atoms with Crippen LogP contribution in [-0.4, -0.2) is 31.2 Å². The molecule has 2 aromatic heterocycles. The number of aromatic hydroxyl groups is 1. The predicted molar refractivity (Wildman–Crippen MR) is 101 cm³/mol. The predicted octanol–water partition coefficient (Wildman–Crippen LogP) is 3.99. The molecule has 0 saturated heterocycles. The molecule has 0 aliphatic heterocycles. The largest absolute Gasteiger partial charge is 0.507 e. The summed E-state index contributed by atoms with van der Waals surface area (Å²) in [5.74, 6) is 2.37. The van der Waals surface area contributed by atoms with E-state index in [1.54, 1.807) is 16.9 Å². The maximum absolute atomic E-state index is 10.4. The number of nitrogens with zero attached hydrogens (tertiary/aromatic N) is 4. The quantitative estimate of drug-likeness (QED) is 0.760. The SMILES string of the molecule is Oc1cc(-n2cccn2)ccc1-c1ccc(OC2C[C@H]3CC[C@@H](C2)C3)nn1. The Morgan fingerprint density at radius 3 is 2.52 bits per heavy atom. The highest BCUT2D eigenvalue weighted by molar-refractivity contribution is 5.68. The number of aromatic nitrogens is 4. The first-order chi connectivity index (χ1) is 13.2. The van der Waals surface area contributed by atoms with Gasteiger partial charge in [0.25, 0.3) is 0 Å². The second-order valence-electron chi connectivity index (χ2n) is 7.67. The number of phenolic OH excluding ortho intramolecular Hbond substituents is 1. The van der Waals surface area contributed by atoms with Crippen LogP contribution in [0.2, 0.25) is 0 Å². The summed E-state index contributed by atoms with van der Waals surface area (Å²) in [5, 5.41) is 23.1. The average Bonchev–Trinajstić information content (AvgIpc) is 3.32. The Morgan fingerprint density at radius 1 is 1.00 bits per heavy atom. The molecule has 2 bridgehead atoms. The van der Waals surface area contributed by atoms with Gasteiger partial charge in [-0.25, -0.2) is 4.68 Å². The van der Waals surface area contributed by atoms with Crippen LogP contribution in [0.15, 0.2) is 48.8 Å². The van der Waals surface area contributed by atoms with Crippen LogP contribution in [0.3, 0.4) is 0 Å². The van der Waals surface area contributed by atoms with Crippen LogP contribution in [0.25, 0.3) is 16.9 Å². The molecular formula is C21H22N4O2. The van der Waals surface area contributed by atoms with Crippen LogP contribution >= 0.6 is 0 Å². The number of benzene rings is 1. The highest BCUT2D eigenvalue weighted by Crippen LogP contribution is 2.43. The standard InChI is InChI=1S/C21H22N4O2/c26-20-13-16(25-9-1-8-22-25)4-5-18(20)19-6-7-21(24-23-19)27-17-11-14-2-3-15(10-14)12-17/h1,4-9,13-15,17,26H,2-3,10-12H2/t14-,15+,17?. The Kier molecular flexibility index (Phi) is 4.03. The van der Waals surface area contributed by atoms with E-state index in [0.717, 1.165) is 30.4 Å². The average molecular weight is 362 g/mol. The van der Waals surface area contributed by atoms with Crippen LogP contribution in [0.1, 0.15) is 32.1 Å². The molecule has 27 heavy (non-hydrogen) atoms. The lowest BCUT2D eigenvalue weighted by Crippen LogP contribution is -2.26. The fourth-order valence-electron chi connectivity index (χ4n) is 4.54. The molecule has 0 amide bonds. The number of fused-ring (bicyclic) bond motifs is 2. The van der Waals surface area contributed by atoms with Crippen molar-refractivity contribution in [1.82, 2.24) is 20.0 Å². The highest BCUT2D eigenvalue weighted by Gasteiger charge is 2.35. The van der Waals surface area contributed by atoms with Crippen molar-refractivity contribution in [3.8, 4) is 28.6 Å². The van der Waals surface area contributed by atoms with Crippen LogP contribution in [0.5, 0.6) is 11.6 Å². The first-order valence-electron chi connectivity index (χ1n) is 9.58. The van der Waals surface area contributed by atoms with E-state index >= 15 is 0 Å². The number of ether oxygens (including phenoxy) is 1. The van der Waals surface area contributed by atoms with Gasteiger partial charge in [-0.15, -0.1) is 10.2 Å². The third kappa shape index (κ3) is 3.27. The highest BCUT2D eigenvalue weighted by atomic mass is 16.5. The Bertz CT molecular complexity index is 912. The molecule has 3 aromatic rings. The van der Waals surface area contributed by atoms with Gasteiger partial charge in [-0.05, 0) is 55.4 Å². The van der Waals surface area contributed by atoms with Gasteiger partial charge in [0.05, 0.1) is 11.4 Å². The fourth-order valence-corrected chi connectivity index (χ4v) is 4.54. The molecule has 3 atom stereocenters. The second-order valence-corrected chi connectivity index (χ2v) is 7.67. The number of rotatable bonds is 4. The maximum atomic E-state index is 10.4. The minimum absolute atomic E-state index is 0.148. The van der Waals surface area contributed by atoms with Gasteiger partial charge in [-0.1, -0.05) is 12.8 Å². The molecule has 2 fully saturated rings. The summed E-state index contributed by atoms with van der Waals surface area (Å²) in [7, 11) is 0. The van der Waals surface area contributed by atoms with E-state index in [-0.39, 0.29) is 11.9 Å². The molecule has 138 valence electrons. The zero-order chi connectivity index (χ0) is 18.2. The third-order valence-corrected chi connectivity index (χ3v) is 5.80. The molecule has 0 spiro atoms. The summed E-state index contributed by atoms with van der Waals surface area (Å²) in [6.07, 6.45) is 10.1. The van der Waals surface area contributed by atoms with Crippen molar-refractivity contribution in [3.63, 3.8) is 0 Å². The fraction of sp³-hybridized carbons (Fsp3) is 0.381. The van der Waals surface area contributed by atoms with E-state index in [0.29, 0.717) is 17.1 Å². The van der Waals surface area contributed by atoms with Crippen molar-refractivity contribution in [2.45, 2.75) is 38.2 Å². The van der Waals surface area contributed by atoms with Crippen molar-refractivity contribution in [2.75, 3.05) is 0 Å². The number of hydrogen-bond acceptors (Lipinski definition) is 5. The van der Waals surface area contributed by atoms with Gasteiger partial charge in [-0.3, -0.25) is 0 Å². The first kappa shape index (κ1) is 16.3. The Hall–Kier alpha value is -2.89. The Morgan fingerprint density at radius 2 is 1.85 bits per heavy atom. The summed E-state index contributed by atoms with van der Waals surface area (Å²) in [4.78, 5) is 0. The summed E-state index contributed by atoms with van der Waals surface area (Å²) in [6, 6.07) is 10.9. The lowest BCUT2D eigenvalue weighted by molar-refractivity contribution is 0.113. The van der Waals surface area contributed by atoms with Crippen LogP contribution in [-0.2, 0) is 0 Å². The summed E-state index contributed by atoms with van der Waals surface area (Å²) < 4.78 is 7.78. The minimum atomic E-state index is 0.148. The molecule has 6 heteroatoms. The van der Waals surface area contributed by atoms with Crippen LogP contribution in [0, 0.1) is 11.8 Å². The summed E-state index contributed by atoms with van der Waals surface area (Å²) >= 11 is 0. The van der Waals surface area contributed by atoms with E-state index in [1.807, 2.05) is 36.5 Å². The molecule has 1 unspecified atom stereocenters. The van der Waals surface area contributed by atoms with Gasteiger partial charge in [-0.2, -0.15) is 5.10 Å². The zero-order valence-electron chi connectivity index (χ0n) is 15.0. The van der Waals surface area contributed by atoms with Gasteiger partial charge in [0, 0.05) is 30.1 Å². The van der Waals surface area contributed by atoms with E-state index in [9.17, 15) is 5.11 Å². The van der Waals surface area contributed by atoms with Crippen molar-refractivity contribution < 1.29 is 9.84 Å². The lowest BCUT2D eigenvalue weighted by Gasteiger charge is -2.27. The lowest BCUT2D eigenvalue weighted by atomic mass is 9.87. The second kappa shape index (κ2) is 6.68. The molecule has 6 nitrogen and oxygen atoms in total. The van der Waals surface area contributed by atoms with Gasteiger partial charge in [0.15, 0.2) is 0 Å². The monoisotopic (exact) mass is 362 g/mol. The van der Waals surface area contributed by atoms with Gasteiger partial charge < -0.3 is 9.84 Å². The van der Waals surface area contributed by atoms with E-state index in [1.165, 1.54) is 19.3 Å². The molecule has 1 aromatic carbocycles. The Balaban J connectivity index is 1.31. The molecule has 2 aliphatic rings. The van der Waals surface area contributed by atoms with E-state index in [4.69, 9.17) is 4.74 Å². The molecule has 2 aliphatic carbocycles. The number of hydrogen-bond donors (Lipinski definition) is 1. The normalized spacial score (nSPS) is 24.1. The molecule has 2 saturated carbocycles. The van der Waals surface area contributed by atoms with Crippen LogP contribution < -0.4 is 4.74 Å². The molecule has 5 rings (SSSR count). The van der Waals surface area contributed by atoms with Gasteiger partial charge in [0.2, 0.25) is 5.88 Å². The summed E-state index contributed by atoms with van der Waals surface area (Å²) in [5.41, 5.74) is 2.05. The molecule has 2 heterocycles. The van der Waals surface area contributed by atoms with E-state index < -0.39 is 0 Å². The van der Waals surface area contributed by atoms with Crippen molar-refractivity contribution in [2.24, 2.45) is 11.8 Å². The topological polar surface area (TPSA) is 73.1 Å². The van der Waals surface area contributed by atoms with Crippen molar-refractivity contribution >= 4 is 0 Å². The van der Waals surface area contributed by atoms with Crippen molar-refractivity contribution in [3.05, 3.63) is 48.8 Å². The first-order valence-corrected chi connectivity index (χ1v) is 9.58. The smallest absolute Gasteiger partial charge is 0.233 e. The maximum Gasteiger partial charge on any atom is 0.233 e. The molecular weight excluding hydrogens is 340 g/mol. The number of phenols is 1. The minimum Gasteiger partial charge on any atom is -0.507 e. The third-order valence-electron chi connectivity index (χ3n) is 5.80. The van der Waals surface area contributed by atoms with Gasteiger partial charge >= 0.3 is 0 Å². The van der Waals surface area contributed by atoms with E-state index in [2.05, 4.69) is 15.3 Å². The molecule has 1 N–H and O–H groups in total. The van der Waals surface area contributed by atoms with Crippen LogP contribution in [0.4, 0.5) is 0 Å². The van der Waals surface area contributed by atoms with Crippen molar-refractivity contribution in [1.29, 1.82) is 0 Å². The molecule has 0 radical (unpaired) electrons.